The summed E-state index contributed by atoms with van der Waals surface area (Å²) in [6.45, 7) is 4.13. The zero-order chi connectivity index (χ0) is 16.7. The van der Waals surface area contributed by atoms with E-state index in [-0.39, 0.29) is 24.0 Å². The van der Waals surface area contributed by atoms with Crippen molar-refractivity contribution in [2.45, 2.75) is 64.5 Å². The summed E-state index contributed by atoms with van der Waals surface area (Å²) in [5.41, 5.74) is 0. The Morgan fingerprint density at radius 3 is 2.48 bits per heavy atom. The molecule has 1 saturated carbocycles. The number of amides is 1. The molecule has 1 amide bonds. The first-order valence-electron chi connectivity index (χ1n) is 8.49. The minimum Gasteiger partial charge on any atom is -0.480 e. The molecular weight excluding hydrogens is 294 g/mol. The van der Waals surface area contributed by atoms with Crippen LogP contribution in [0.5, 0.6) is 11.8 Å². The highest BCUT2D eigenvalue weighted by Gasteiger charge is 2.25. The standard InChI is InChI=1S/C17H27N3O3/c1-4-12(5-2)17(21)19-13-6-8-14(9-7-13)23-16-11-18-10-15(20-16)22-3/h10-14H,4-9H2,1-3H3,(H,19,21). The number of aromatic nitrogens is 2. The van der Waals surface area contributed by atoms with Gasteiger partial charge in [-0.3, -0.25) is 9.78 Å². The normalized spacial score (nSPS) is 21.0. The quantitative estimate of drug-likeness (QED) is 0.836. The molecule has 1 heterocycles. The summed E-state index contributed by atoms with van der Waals surface area (Å²) in [5.74, 6) is 1.27. The van der Waals surface area contributed by atoms with E-state index in [9.17, 15) is 4.79 Å². The molecule has 0 bridgehead atoms. The van der Waals surface area contributed by atoms with Crippen molar-refractivity contribution in [3.8, 4) is 11.8 Å². The molecule has 1 N–H and O–H groups in total. The number of hydrogen-bond donors (Lipinski definition) is 1. The highest BCUT2D eigenvalue weighted by atomic mass is 16.5. The van der Waals surface area contributed by atoms with Gasteiger partial charge in [-0.2, -0.15) is 4.98 Å². The van der Waals surface area contributed by atoms with Crippen LogP contribution in [-0.2, 0) is 4.79 Å². The maximum absolute atomic E-state index is 12.1. The van der Waals surface area contributed by atoms with E-state index in [1.165, 1.54) is 0 Å². The third-order valence-corrected chi connectivity index (χ3v) is 4.46. The second-order valence-corrected chi connectivity index (χ2v) is 6.01. The van der Waals surface area contributed by atoms with Gasteiger partial charge in [0.05, 0.1) is 19.5 Å². The second-order valence-electron chi connectivity index (χ2n) is 6.01. The smallest absolute Gasteiger partial charge is 0.235 e. The van der Waals surface area contributed by atoms with E-state index in [1.54, 1.807) is 19.5 Å². The van der Waals surface area contributed by atoms with Gasteiger partial charge in [0.1, 0.15) is 6.10 Å². The van der Waals surface area contributed by atoms with Gasteiger partial charge in [-0.1, -0.05) is 13.8 Å². The Kier molecular flexibility index (Phi) is 6.62. The molecule has 0 aliphatic heterocycles. The third-order valence-electron chi connectivity index (χ3n) is 4.46. The molecule has 0 saturated heterocycles. The van der Waals surface area contributed by atoms with Crippen molar-refractivity contribution in [2.24, 2.45) is 5.92 Å². The van der Waals surface area contributed by atoms with Gasteiger partial charge < -0.3 is 14.8 Å². The summed E-state index contributed by atoms with van der Waals surface area (Å²) in [5, 5.41) is 3.18. The molecule has 2 rings (SSSR count). The molecule has 6 nitrogen and oxygen atoms in total. The van der Waals surface area contributed by atoms with Crippen molar-refractivity contribution in [3.05, 3.63) is 12.4 Å². The summed E-state index contributed by atoms with van der Waals surface area (Å²) < 4.78 is 10.9. The van der Waals surface area contributed by atoms with E-state index in [0.717, 1.165) is 38.5 Å². The molecule has 0 aromatic carbocycles. The number of nitrogens with one attached hydrogen (secondary N) is 1. The molecule has 1 fully saturated rings. The van der Waals surface area contributed by atoms with Crippen LogP contribution < -0.4 is 14.8 Å². The van der Waals surface area contributed by atoms with E-state index in [4.69, 9.17) is 9.47 Å². The van der Waals surface area contributed by atoms with Crippen LogP contribution in [0.25, 0.3) is 0 Å². The summed E-state index contributed by atoms with van der Waals surface area (Å²) in [6.07, 6.45) is 8.77. The van der Waals surface area contributed by atoms with Gasteiger partial charge in [0.25, 0.3) is 0 Å². The zero-order valence-corrected chi connectivity index (χ0v) is 14.2. The molecule has 23 heavy (non-hydrogen) atoms. The fourth-order valence-electron chi connectivity index (χ4n) is 2.96. The van der Waals surface area contributed by atoms with E-state index in [1.807, 2.05) is 0 Å². The number of carbonyl (C=O) groups excluding carboxylic acids is 1. The van der Waals surface area contributed by atoms with E-state index < -0.39 is 0 Å². The maximum atomic E-state index is 12.1. The summed E-state index contributed by atoms with van der Waals surface area (Å²) in [7, 11) is 1.56. The Morgan fingerprint density at radius 2 is 1.87 bits per heavy atom. The molecule has 1 aromatic rings. The number of ether oxygens (including phenoxy) is 2. The predicted molar refractivity (Wildman–Crippen MR) is 87.5 cm³/mol. The second kappa shape index (κ2) is 8.70. The van der Waals surface area contributed by atoms with Gasteiger partial charge in [-0.05, 0) is 38.5 Å². The Bertz CT molecular complexity index is 498. The van der Waals surface area contributed by atoms with Gasteiger partial charge in [0.2, 0.25) is 17.7 Å². The first-order chi connectivity index (χ1) is 11.2. The summed E-state index contributed by atoms with van der Waals surface area (Å²) in [4.78, 5) is 20.4. The van der Waals surface area contributed by atoms with Crippen molar-refractivity contribution in [3.63, 3.8) is 0 Å². The topological polar surface area (TPSA) is 73.3 Å². The van der Waals surface area contributed by atoms with Crippen LogP contribution in [0.3, 0.4) is 0 Å². The fourth-order valence-corrected chi connectivity index (χ4v) is 2.96. The molecule has 6 heteroatoms. The Morgan fingerprint density at radius 1 is 1.22 bits per heavy atom. The number of nitrogens with zero attached hydrogens (tertiary/aromatic N) is 2. The van der Waals surface area contributed by atoms with Crippen LogP contribution in [0.1, 0.15) is 52.4 Å². The zero-order valence-electron chi connectivity index (χ0n) is 14.2. The lowest BCUT2D eigenvalue weighted by molar-refractivity contribution is -0.126. The fraction of sp³-hybridized carbons (Fsp3) is 0.706. The van der Waals surface area contributed by atoms with Crippen molar-refractivity contribution in [2.75, 3.05) is 7.11 Å². The summed E-state index contributed by atoms with van der Waals surface area (Å²) in [6, 6.07) is 0.263. The molecule has 128 valence electrons. The molecule has 0 unspecified atom stereocenters. The lowest BCUT2D eigenvalue weighted by atomic mass is 9.92. The van der Waals surface area contributed by atoms with Crippen molar-refractivity contribution < 1.29 is 14.3 Å². The first kappa shape index (κ1) is 17.5. The maximum Gasteiger partial charge on any atom is 0.235 e. The highest BCUT2D eigenvalue weighted by Crippen LogP contribution is 2.24. The van der Waals surface area contributed by atoms with Gasteiger partial charge in [-0.15, -0.1) is 0 Å². The van der Waals surface area contributed by atoms with Crippen molar-refractivity contribution in [1.29, 1.82) is 0 Å². The van der Waals surface area contributed by atoms with Crippen LogP contribution in [0.2, 0.25) is 0 Å². The van der Waals surface area contributed by atoms with Crippen LogP contribution in [0.4, 0.5) is 0 Å². The number of carbonyl (C=O) groups is 1. The molecule has 1 aromatic heterocycles. The van der Waals surface area contributed by atoms with Crippen LogP contribution >= 0.6 is 0 Å². The van der Waals surface area contributed by atoms with Gasteiger partial charge in [0.15, 0.2) is 0 Å². The van der Waals surface area contributed by atoms with Gasteiger partial charge >= 0.3 is 0 Å². The minimum absolute atomic E-state index is 0.123. The van der Waals surface area contributed by atoms with Crippen molar-refractivity contribution >= 4 is 5.91 Å². The molecular formula is C17H27N3O3. The van der Waals surface area contributed by atoms with Crippen LogP contribution in [-0.4, -0.2) is 35.1 Å². The average Bonchev–Trinajstić information content (AvgIpc) is 2.58. The SMILES string of the molecule is CCC(CC)C(=O)NC1CCC(Oc2cncc(OC)n2)CC1. The van der Waals surface area contributed by atoms with Crippen LogP contribution in [0, 0.1) is 5.92 Å². The molecule has 0 spiro atoms. The lowest BCUT2D eigenvalue weighted by Crippen LogP contribution is -2.42. The Balaban J connectivity index is 1.78. The third kappa shape index (κ3) is 5.08. The minimum atomic E-state index is 0.123. The monoisotopic (exact) mass is 321 g/mol. The number of methoxy groups -OCH3 is 1. The molecule has 1 aliphatic rings. The molecule has 0 atom stereocenters. The largest absolute Gasteiger partial charge is 0.480 e. The first-order valence-corrected chi connectivity index (χ1v) is 8.49. The van der Waals surface area contributed by atoms with E-state index in [2.05, 4.69) is 29.1 Å². The Labute approximate surface area is 138 Å². The average molecular weight is 321 g/mol. The Hall–Kier alpha value is -1.85. The van der Waals surface area contributed by atoms with Crippen LogP contribution in [0.15, 0.2) is 12.4 Å². The molecule has 1 aliphatic carbocycles. The summed E-state index contributed by atoms with van der Waals surface area (Å²) >= 11 is 0. The van der Waals surface area contributed by atoms with E-state index in [0.29, 0.717) is 11.8 Å². The predicted octanol–water partition coefficient (Wildman–Crippen LogP) is 2.73. The van der Waals surface area contributed by atoms with Crippen molar-refractivity contribution in [1.82, 2.24) is 15.3 Å². The molecule has 0 radical (unpaired) electrons. The highest BCUT2D eigenvalue weighted by molar-refractivity contribution is 5.78. The number of hydrogen-bond acceptors (Lipinski definition) is 5. The van der Waals surface area contributed by atoms with Gasteiger partial charge in [-0.25, -0.2) is 0 Å². The lowest BCUT2D eigenvalue weighted by Gasteiger charge is -2.30. The van der Waals surface area contributed by atoms with Gasteiger partial charge in [0, 0.05) is 12.0 Å². The number of rotatable bonds is 7. The van der Waals surface area contributed by atoms with E-state index >= 15 is 0 Å².